The zero-order valence-corrected chi connectivity index (χ0v) is 54.2. The first-order valence-corrected chi connectivity index (χ1v) is 38.2. The molecule has 0 unspecified atom stereocenters. The van der Waals surface area contributed by atoms with Gasteiger partial charge in [0.25, 0.3) is 0 Å². The van der Waals surface area contributed by atoms with E-state index < -0.39 is 16.1 Å². The molecular formula is C88H62N4Si2. The number of nitrogens with zero attached hydrogens (tertiary/aromatic N) is 4. The molecule has 12 aromatic carbocycles. The zero-order valence-electron chi connectivity index (χ0n) is 52.2. The molecule has 0 spiro atoms. The van der Waals surface area contributed by atoms with Crippen LogP contribution >= 0.6 is 0 Å². The molecule has 94 heavy (non-hydrogen) atoms. The van der Waals surface area contributed by atoms with Crippen LogP contribution in [-0.4, -0.2) is 36.1 Å². The van der Waals surface area contributed by atoms with Crippen molar-refractivity contribution in [2.75, 3.05) is 0 Å². The van der Waals surface area contributed by atoms with Crippen LogP contribution < -0.4 is 0 Å². The standard InChI is InChI=1S/C88H62N4Si2/c1-93(85(81-61-39-15-23-47-69(61)89-70-48-24-16-40-62(70)81)77(57-31-7-3-8-32-57)78(58-33-9-4-10-34-58)86(93)82-63-41-17-25-49-71(63)90-72-50-26-18-42-64(72)82)55-56-94(2)87(83-65-43-19-27-51-73(65)91-74-52-28-20-44-66(74)83)79(59-35-11-5-12-36-59)80(60-37-13-6-14-38-60)88(94)84-67-45-21-29-53-75(67)92-76-54-30-22-46-68(76)84/h3-54H,55-56H2,1-2H3. The summed E-state index contributed by atoms with van der Waals surface area (Å²) in [6.45, 7) is 5.54. The van der Waals surface area contributed by atoms with Crippen molar-refractivity contribution in [1.29, 1.82) is 0 Å². The average molecular weight is 1230 g/mol. The maximum Gasteiger partial charge on any atom is 0.118 e. The Morgan fingerprint density at radius 2 is 0.340 bits per heavy atom. The van der Waals surface area contributed by atoms with Crippen molar-refractivity contribution < 1.29 is 0 Å². The molecule has 6 heteroatoms. The molecule has 0 N–H and O–H groups in total. The first-order valence-electron chi connectivity index (χ1n) is 32.8. The van der Waals surface area contributed by atoms with E-state index in [9.17, 15) is 0 Å². The Labute approximate surface area is 548 Å². The van der Waals surface area contributed by atoms with Gasteiger partial charge in [0.1, 0.15) is 16.1 Å². The first kappa shape index (κ1) is 55.5. The van der Waals surface area contributed by atoms with Gasteiger partial charge in [-0.1, -0.05) is 292 Å². The third-order valence-electron chi connectivity index (χ3n) is 20.4. The normalized spacial score (nSPS) is 14.8. The molecule has 18 rings (SSSR count). The van der Waals surface area contributed by atoms with E-state index in [1.54, 1.807) is 0 Å². The number of aromatic nitrogens is 4. The third-order valence-corrected chi connectivity index (χ3v) is 29.8. The molecule has 0 amide bonds. The molecule has 2 aliphatic heterocycles. The fraction of sp³-hybridized carbons (Fsp3) is 0.0455. The van der Waals surface area contributed by atoms with Crippen LogP contribution in [0.5, 0.6) is 0 Å². The van der Waals surface area contributed by atoms with Gasteiger partial charge in [-0.25, -0.2) is 19.9 Å². The van der Waals surface area contributed by atoms with Gasteiger partial charge >= 0.3 is 0 Å². The summed E-state index contributed by atoms with van der Waals surface area (Å²) < 4.78 is 0. The van der Waals surface area contributed by atoms with Crippen molar-refractivity contribution in [1.82, 2.24) is 19.9 Å². The number of benzene rings is 12. The van der Waals surface area contributed by atoms with Gasteiger partial charge in [0.2, 0.25) is 0 Å². The van der Waals surface area contributed by atoms with Crippen molar-refractivity contribution in [3.05, 3.63) is 360 Å². The highest BCUT2D eigenvalue weighted by Gasteiger charge is 2.54. The predicted octanol–water partition coefficient (Wildman–Crippen LogP) is 22.6. The number of hydrogen-bond donors (Lipinski definition) is 0. The van der Waals surface area contributed by atoms with Crippen LogP contribution in [0.25, 0.3) is 130 Å². The van der Waals surface area contributed by atoms with Gasteiger partial charge in [0.15, 0.2) is 0 Å². The predicted molar refractivity (Wildman–Crippen MR) is 403 cm³/mol. The van der Waals surface area contributed by atoms with E-state index in [0.29, 0.717) is 0 Å². The Kier molecular flexibility index (Phi) is 13.1. The SMILES string of the molecule is C[Si]1(CC[Si]2(C)C(c3c4ccccc4nc4ccccc34)=C(c3ccccc3)C(c3ccccc3)=C2c2c3ccccc3nc3ccccc23)C(c2c3ccccc3nc3ccccc23)=C(c2ccccc2)C(c2ccccc2)=C1c1c2ccccc2nc2ccccc12. The second kappa shape index (κ2) is 22.2. The van der Waals surface area contributed by atoms with E-state index in [1.807, 2.05) is 0 Å². The van der Waals surface area contributed by atoms with Crippen LogP contribution in [0, 0.1) is 0 Å². The Balaban J connectivity index is 1.05. The number of hydrogen-bond acceptors (Lipinski definition) is 4. The minimum atomic E-state index is -3.41. The number of rotatable bonds is 11. The highest BCUT2D eigenvalue weighted by molar-refractivity contribution is 7.18. The second-order valence-corrected chi connectivity index (χ2v) is 34.0. The minimum absolute atomic E-state index is 0.877. The molecular weight excluding hydrogens is 1170 g/mol. The lowest BCUT2D eigenvalue weighted by Gasteiger charge is -2.38. The van der Waals surface area contributed by atoms with Crippen LogP contribution in [0.3, 0.4) is 0 Å². The lowest BCUT2D eigenvalue weighted by atomic mass is 9.87. The van der Waals surface area contributed by atoms with E-state index in [-0.39, 0.29) is 0 Å². The fourth-order valence-corrected chi connectivity index (χ4v) is 28.5. The van der Waals surface area contributed by atoms with Gasteiger partial charge in [0, 0.05) is 43.1 Å². The number of para-hydroxylation sites is 8. The topological polar surface area (TPSA) is 51.6 Å². The molecule has 16 aromatic rings. The van der Waals surface area contributed by atoms with Gasteiger partial charge in [-0.3, -0.25) is 0 Å². The van der Waals surface area contributed by atoms with Crippen molar-refractivity contribution in [2.45, 2.75) is 25.2 Å². The third kappa shape index (κ3) is 8.63. The molecule has 0 atom stereocenters. The molecule has 0 saturated carbocycles. The minimum Gasteiger partial charge on any atom is -0.248 e. The molecule has 0 bridgehead atoms. The molecule has 0 fully saturated rings. The quantitative estimate of drug-likeness (QED) is 0.0957. The Bertz CT molecular complexity index is 5000. The van der Waals surface area contributed by atoms with Crippen LogP contribution in [0.1, 0.15) is 44.5 Å². The molecule has 0 radical (unpaired) electrons. The van der Waals surface area contributed by atoms with Crippen molar-refractivity contribution >= 4 is 146 Å². The van der Waals surface area contributed by atoms with Crippen LogP contribution in [0.2, 0.25) is 25.2 Å². The maximum atomic E-state index is 5.53. The molecule has 0 saturated heterocycles. The average Bonchev–Trinajstić information content (AvgIpc) is 1.51. The van der Waals surface area contributed by atoms with Crippen molar-refractivity contribution in [3.63, 3.8) is 0 Å². The largest absolute Gasteiger partial charge is 0.248 e. The molecule has 2 aliphatic rings. The zero-order chi connectivity index (χ0) is 62.5. The lowest BCUT2D eigenvalue weighted by Crippen LogP contribution is -2.40. The highest BCUT2D eigenvalue weighted by atomic mass is 28.3. The Morgan fingerprint density at radius 1 is 0.191 bits per heavy atom. The Hall–Kier alpha value is -11.3. The smallest absolute Gasteiger partial charge is 0.118 e. The number of fused-ring (bicyclic) bond motifs is 8. The van der Waals surface area contributed by atoms with Crippen LogP contribution in [0.4, 0.5) is 0 Å². The van der Waals surface area contributed by atoms with Crippen molar-refractivity contribution in [2.24, 2.45) is 0 Å². The summed E-state index contributed by atoms with van der Waals surface area (Å²) in [7, 11) is -6.82. The summed E-state index contributed by atoms with van der Waals surface area (Å²) in [5, 5.41) is 15.0. The molecule has 0 aliphatic carbocycles. The fourth-order valence-electron chi connectivity index (χ4n) is 16.5. The maximum absolute atomic E-state index is 5.53. The van der Waals surface area contributed by atoms with Gasteiger partial charge < -0.3 is 0 Å². The van der Waals surface area contributed by atoms with Gasteiger partial charge in [-0.05, 0) is 136 Å². The van der Waals surface area contributed by atoms with E-state index in [4.69, 9.17) is 19.9 Å². The summed E-state index contributed by atoms with van der Waals surface area (Å²) in [6.07, 6.45) is 0. The van der Waals surface area contributed by atoms with E-state index in [0.717, 1.165) is 99.3 Å². The lowest BCUT2D eigenvalue weighted by molar-refractivity contribution is 1.33. The highest BCUT2D eigenvalue weighted by Crippen LogP contribution is 2.65. The summed E-state index contributed by atoms with van der Waals surface area (Å²) in [4.78, 5) is 22.1. The number of allylic oxidation sites excluding steroid dienone is 4. The number of pyridine rings is 4. The molecule has 6 heterocycles. The summed E-state index contributed by atoms with van der Waals surface area (Å²) in [5.41, 5.74) is 23.0. The van der Waals surface area contributed by atoms with Crippen LogP contribution in [0.15, 0.2) is 315 Å². The van der Waals surface area contributed by atoms with Crippen molar-refractivity contribution in [3.8, 4) is 0 Å². The first-order chi connectivity index (χ1) is 46.4. The van der Waals surface area contributed by atoms with Crippen LogP contribution in [-0.2, 0) is 0 Å². The second-order valence-electron chi connectivity index (χ2n) is 25.7. The Morgan fingerprint density at radius 3 is 0.511 bits per heavy atom. The molecule has 4 nitrogen and oxygen atoms in total. The van der Waals surface area contributed by atoms with E-state index >= 15 is 0 Å². The van der Waals surface area contributed by atoms with E-state index in [2.05, 4.69) is 329 Å². The van der Waals surface area contributed by atoms with E-state index in [1.165, 1.54) is 87.6 Å². The van der Waals surface area contributed by atoms with Gasteiger partial charge in [0.05, 0.1) is 44.1 Å². The molecule has 442 valence electrons. The summed E-state index contributed by atoms with van der Waals surface area (Å²) in [6, 6.07) is 119. The van der Waals surface area contributed by atoms with Gasteiger partial charge in [-0.2, -0.15) is 0 Å². The molecule has 4 aromatic heterocycles. The van der Waals surface area contributed by atoms with Gasteiger partial charge in [-0.15, -0.1) is 0 Å². The monoisotopic (exact) mass is 1230 g/mol. The summed E-state index contributed by atoms with van der Waals surface area (Å²) >= 11 is 0. The summed E-state index contributed by atoms with van der Waals surface area (Å²) in [5.74, 6) is 0.